The van der Waals surface area contributed by atoms with Gasteiger partial charge in [0, 0.05) is 24.6 Å². The first-order valence-corrected chi connectivity index (χ1v) is 8.26. The van der Waals surface area contributed by atoms with Crippen molar-refractivity contribution in [2.24, 2.45) is 10.7 Å². The second-order valence-corrected chi connectivity index (χ2v) is 5.95. The van der Waals surface area contributed by atoms with Gasteiger partial charge in [0.05, 0.1) is 19.2 Å². The van der Waals surface area contributed by atoms with Crippen molar-refractivity contribution in [2.75, 3.05) is 11.9 Å². The zero-order valence-electron chi connectivity index (χ0n) is 14.2. The number of rotatable bonds is 4. The van der Waals surface area contributed by atoms with Crippen LogP contribution in [0.2, 0.25) is 0 Å². The number of carbonyl (C=O) groups is 1. The lowest BCUT2D eigenvalue weighted by Gasteiger charge is -2.26. The van der Waals surface area contributed by atoms with Crippen molar-refractivity contribution in [3.05, 3.63) is 59.7 Å². The van der Waals surface area contributed by atoms with Gasteiger partial charge in [0.1, 0.15) is 5.75 Å². The predicted molar refractivity (Wildman–Crippen MR) is 98.5 cm³/mol. The molecular weight excluding hydrogens is 316 g/mol. The fourth-order valence-electron chi connectivity index (χ4n) is 2.84. The van der Waals surface area contributed by atoms with Crippen LogP contribution >= 0.6 is 0 Å². The lowest BCUT2D eigenvalue weighted by atomic mass is 10.0. The van der Waals surface area contributed by atoms with Crippen molar-refractivity contribution in [1.82, 2.24) is 5.32 Å². The molecule has 2 aromatic rings. The van der Waals surface area contributed by atoms with E-state index in [1.165, 1.54) is 6.92 Å². The van der Waals surface area contributed by atoms with Gasteiger partial charge in [0.15, 0.2) is 5.96 Å². The van der Waals surface area contributed by atoms with E-state index < -0.39 is 0 Å². The molecule has 1 unspecified atom stereocenters. The molecule has 0 saturated heterocycles. The molecule has 1 aliphatic rings. The van der Waals surface area contributed by atoms with Crippen LogP contribution in [0.15, 0.2) is 53.5 Å². The second kappa shape index (κ2) is 7.70. The normalized spacial score (nSPS) is 16.5. The van der Waals surface area contributed by atoms with E-state index in [4.69, 9.17) is 10.5 Å². The second-order valence-electron chi connectivity index (χ2n) is 5.95. The molecule has 0 spiro atoms. The van der Waals surface area contributed by atoms with Crippen LogP contribution in [0.25, 0.3) is 0 Å². The van der Waals surface area contributed by atoms with E-state index >= 15 is 0 Å². The van der Waals surface area contributed by atoms with E-state index in [2.05, 4.69) is 15.6 Å². The van der Waals surface area contributed by atoms with Gasteiger partial charge in [-0.1, -0.05) is 30.3 Å². The van der Waals surface area contributed by atoms with Gasteiger partial charge in [-0.2, -0.15) is 0 Å². The number of ether oxygens (including phenoxy) is 1. The zero-order valence-corrected chi connectivity index (χ0v) is 14.2. The zero-order chi connectivity index (χ0) is 17.6. The minimum absolute atomic E-state index is 0.0967. The van der Waals surface area contributed by atoms with Crippen molar-refractivity contribution >= 4 is 17.6 Å². The van der Waals surface area contributed by atoms with E-state index in [9.17, 15) is 4.79 Å². The Morgan fingerprint density at radius 3 is 2.96 bits per heavy atom. The Hall–Kier alpha value is -3.02. The molecule has 3 rings (SSSR count). The van der Waals surface area contributed by atoms with Crippen LogP contribution < -0.4 is 21.1 Å². The highest BCUT2D eigenvalue weighted by Gasteiger charge is 2.21. The van der Waals surface area contributed by atoms with Gasteiger partial charge in [-0.05, 0) is 23.8 Å². The molecule has 130 valence electrons. The van der Waals surface area contributed by atoms with Crippen LogP contribution in [0.3, 0.4) is 0 Å². The number of nitrogens with zero attached hydrogens (tertiary/aromatic N) is 1. The first-order chi connectivity index (χ1) is 12.1. The summed E-state index contributed by atoms with van der Waals surface area (Å²) in [7, 11) is 0. The quantitative estimate of drug-likeness (QED) is 0.590. The number of para-hydroxylation sites is 1. The number of carbonyl (C=O) groups excluding carboxylic acids is 1. The van der Waals surface area contributed by atoms with Crippen LogP contribution in [-0.2, 0) is 11.3 Å². The Bertz CT molecular complexity index is 788. The smallest absolute Gasteiger partial charge is 0.221 e. The van der Waals surface area contributed by atoms with Gasteiger partial charge in [-0.15, -0.1) is 0 Å². The van der Waals surface area contributed by atoms with Gasteiger partial charge in [0.2, 0.25) is 5.91 Å². The first kappa shape index (κ1) is 16.8. The molecule has 6 nitrogen and oxygen atoms in total. The van der Waals surface area contributed by atoms with Gasteiger partial charge in [-0.3, -0.25) is 4.79 Å². The molecule has 4 N–H and O–H groups in total. The molecule has 0 saturated carbocycles. The molecule has 1 atom stereocenters. The summed E-state index contributed by atoms with van der Waals surface area (Å²) in [6.45, 7) is 2.58. The van der Waals surface area contributed by atoms with Crippen LogP contribution in [0.4, 0.5) is 5.69 Å². The summed E-state index contributed by atoms with van der Waals surface area (Å²) in [4.78, 5) is 15.5. The fourth-order valence-corrected chi connectivity index (χ4v) is 2.84. The SMILES string of the molecule is CC(=O)Nc1cccc(CN=C(N)NC2CCOc3ccccc32)c1. The molecule has 2 aromatic carbocycles. The number of nitrogens with two attached hydrogens (primary N) is 1. The molecule has 6 heteroatoms. The number of anilines is 1. The summed E-state index contributed by atoms with van der Waals surface area (Å²) in [6.07, 6.45) is 0.839. The highest BCUT2D eigenvalue weighted by Crippen LogP contribution is 2.31. The van der Waals surface area contributed by atoms with Crippen LogP contribution in [0.5, 0.6) is 5.75 Å². The lowest BCUT2D eigenvalue weighted by molar-refractivity contribution is -0.114. The maximum Gasteiger partial charge on any atom is 0.221 e. The van der Waals surface area contributed by atoms with Crippen molar-refractivity contribution < 1.29 is 9.53 Å². The van der Waals surface area contributed by atoms with Crippen LogP contribution in [-0.4, -0.2) is 18.5 Å². The van der Waals surface area contributed by atoms with Crippen LogP contribution in [0.1, 0.15) is 30.5 Å². The Labute approximate surface area is 147 Å². The molecule has 0 aliphatic carbocycles. The highest BCUT2D eigenvalue weighted by atomic mass is 16.5. The maximum absolute atomic E-state index is 11.1. The average Bonchev–Trinajstić information content (AvgIpc) is 2.60. The van der Waals surface area contributed by atoms with Gasteiger partial charge >= 0.3 is 0 Å². The molecule has 0 bridgehead atoms. The third-order valence-electron chi connectivity index (χ3n) is 3.96. The van der Waals surface area contributed by atoms with Crippen molar-refractivity contribution in [2.45, 2.75) is 25.9 Å². The highest BCUT2D eigenvalue weighted by molar-refractivity contribution is 5.88. The molecule has 0 fully saturated rings. The standard InChI is InChI=1S/C19H22N4O2/c1-13(24)22-15-6-4-5-14(11-15)12-21-19(20)23-17-9-10-25-18-8-3-2-7-16(17)18/h2-8,11,17H,9-10,12H2,1H3,(H,22,24)(H3,20,21,23). The fraction of sp³-hybridized carbons (Fsp3) is 0.263. The Kier molecular flexibility index (Phi) is 5.18. The Morgan fingerprint density at radius 2 is 2.12 bits per heavy atom. The summed E-state index contributed by atoms with van der Waals surface area (Å²) in [5, 5.41) is 6.03. The third kappa shape index (κ3) is 4.50. The minimum atomic E-state index is -0.0972. The maximum atomic E-state index is 11.1. The number of benzene rings is 2. The molecule has 0 aromatic heterocycles. The number of amides is 1. The Balaban J connectivity index is 1.64. The lowest BCUT2D eigenvalue weighted by Crippen LogP contribution is -2.37. The van der Waals surface area contributed by atoms with Crippen molar-refractivity contribution in [3.63, 3.8) is 0 Å². The van der Waals surface area contributed by atoms with Crippen molar-refractivity contribution in [3.8, 4) is 5.75 Å². The average molecular weight is 338 g/mol. The summed E-state index contributed by atoms with van der Waals surface area (Å²) in [6, 6.07) is 15.6. The summed E-state index contributed by atoms with van der Waals surface area (Å²) >= 11 is 0. The van der Waals surface area contributed by atoms with Gasteiger partial charge in [-0.25, -0.2) is 4.99 Å². The molecule has 1 aliphatic heterocycles. The van der Waals surface area contributed by atoms with Gasteiger partial charge < -0.3 is 21.1 Å². The number of fused-ring (bicyclic) bond motifs is 1. The largest absolute Gasteiger partial charge is 0.493 e. The van der Waals surface area contributed by atoms with E-state index in [0.717, 1.165) is 29.0 Å². The monoisotopic (exact) mass is 338 g/mol. The number of hydrogen-bond acceptors (Lipinski definition) is 3. The van der Waals surface area contributed by atoms with E-state index in [1.54, 1.807) is 0 Å². The molecule has 0 radical (unpaired) electrons. The minimum Gasteiger partial charge on any atom is -0.493 e. The van der Waals surface area contributed by atoms with Crippen molar-refractivity contribution in [1.29, 1.82) is 0 Å². The van der Waals surface area contributed by atoms with E-state index in [0.29, 0.717) is 19.1 Å². The summed E-state index contributed by atoms with van der Waals surface area (Å²) < 4.78 is 5.65. The molecule has 25 heavy (non-hydrogen) atoms. The third-order valence-corrected chi connectivity index (χ3v) is 3.96. The molecular formula is C19H22N4O2. The summed E-state index contributed by atoms with van der Waals surface area (Å²) in [5.41, 5.74) is 8.88. The predicted octanol–water partition coefficient (Wildman–Crippen LogP) is 2.57. The van der Waals surface area contributed by atoms with Gasteiger partial charge in [0.25, 0.3) is 0 Å². The van der Waals surface area contributed by atoms with E-state index in [1.807, 2.05) is 48.5 Å². The topological polar surface area (TPSA) is 88.7 Å². The number of hydrogen-bond donors (Lipinski definition) is 3. The summed E-state index contributed by atoms with van der Waals surface area (Å²) in [5.74, 6) is 1.19. The molecule has 1 heterocycles. The number of guanidine groups is 1. The van der Waals surface area contributed by atoms with E-state index in [-0.39, 0.29) is 11.9 Å². The Morgan fingerprint density at radius 1 is 1.28 bits per heavy atom. The number of nitrogens with one attached hydrogen (secondary N) is 2. The first-order valence-electron chi connectivity index (χ1n) is 8.26. The molecule has 1 amide bonds. The number of aliphatic imine (C=N–C) groups is 1. The van der Waals surface area contributed by atoms with Crippen LogP contribution in [0, 0.1) is 0 Å².